The quantitative estimate of drug-likeness (QED) is 0.0622. The van der Waals surface area contributed by atoms with Crippen LogP contribution in [-0.4, -0.2) is 31.2 Å². The fraction of sp³-hybridized carbons (Fsp3) is 0.958. The highest BCUT2D eigenvalue weighted by molar-refractivity contribution is 5.76. The van der Waals surface area contributed by atoms with E-state index in [1.165, 1.54) is 186 Å². The Balaban J connectivity index is 2.04. The number of hydrogen-bond donors (Lipinski definition) is 2. The van der Waals surface area contributed by atoms with Gasteiger partial charge in [-0.2, -0.15) is 0 Å². The molecule has 53 heavy (non-hydrogen) atoms. The molecule has 0 bridgehead atoms. The van der Waals surface area contributed by atoms with Gasteiger partial charge in [0.25, 0.3) is 0 Å². The Hall–Kier alpha value is -1.26. The molecule has 0 aromatic carbocycles. The van der Waals surface area contributed by atoms with Crippen molar-refractivity contribution >= 4 is 12.0 Å². The van der Waals surface area contributed by atoms with Gasteiger partial charge in [0.1, 0.15) is 0 Å². The monoisotopic (exact) mass is 747 g/mol. The molecule has 1 aliphatic rings. The number of ether oxygens (including phenoxy) is 1. The van der Waals surface area contributed by atoms with Crippen LogP contribution < -0.4 is 10.6 Å². The molecule has 2 atom stereocenters. The van der Waals surface area contributed by atoms with Crippen LogP contribution in [0.5, 0.6) is 0 Å². The number of hydrogen-bond acceptors (Lipinski definition) is 3. The number of carbonyl (C=O) groups is 2. The molecule has 2 N–H and O–H groups in total. The summed E-state index contributed by atoms with van der Waals surface area (Å²) in [6.07, 6.45) is 46.2. The molecule has 5 heteroatoms. The van der Waals surface area contributed by atoms with Gasteiger partial charge in [0.2, 0.25) is 5.91 Å². The van der Waals surface area contributed by atoms with Crippen molar-refractivity contribution in [1.29, 1.82) is 0 Å². The molecule has 1 rings (SSSR count). The average molecular weight is 747 g/mol. The summed E-state index contributed by atoms with van der Waals surface area (Å²) in [4.78, 5) is 25.7. The summed E-state index contributed by atoms with van der Waals surface area (Å²) < 4.78 is 5.60. The van der Waals surface area contributed by atoms with Crippen LogP contribution in [0.15, 0.2) is 0 Å². The SMILES string of the molecule is CCCCCCCCCCCCCCCCCCNC(=O)CC1(C)CC(NC(=O)OCCCCCCCCCCCCCCCCCC)CC(C)(C)C1. The lowest BCUT2D eigenvalue weighted by atomic mass is 9.61. The lowest BCUT2D eigenvalue weighted by molar-refractivity contribution is -0.124. The van der Waals surface area contributed by atoms with Crippen molar-refractivity contribution in [2.24, 2.45) is 10.8 Å². The van der Waals surface area contributed by atoms with Crippen LogP contribution >= 0.6 is 0 Å². The van der Waals surface area contributed by atoms with E-state index in [0.29, 0.717) is 13.0 Å². The highest BCUT2D eigenvalue weighted by Crippen LogP contribution is 2.48. The first kappa shape index (κ1) is 49.8. The molecule has 0 heterocycles. The Kier molecular flexibility index (Phi) is 31.9. The molecule has 0 radical (unpaired) electrons. The molecular formula is C48H94N2O3. The van der Waals surface area contributed by atoms with E-state index < -0.39 is 0 Å². The second kappa shape index (κ2) is 34.0. The smallest absolute Gasteiger partial charge is 0.407 e. The number of amides is 2. The summed E-state index contributed by atoms with van der Waals surface area (Å²) in [7, 11) is 0. The highest BCUT2D eigenvalue weighted by Gasteiger charge is 2.42. The fourth-order valence-corrected chi connectivity index (χ4v) is 9.24. The first-order chi connectivity index (χ1) is 25.7. The average Bonchev–Trinajstić information content (AvgIpc) is 3.09. The van der Waals surface area contributed by atoms with Gasteiger partial charge in [-0.25, -0.2) is 4.79 Å². The van der Waals surface area contributed by atoms with Crippen molar-refractivity contribution in [3.63, 3.8) is 0 Å². The van der Waals surface area contributed by atoms with Crippen LogP contribution in [0.4, 0.5) is 4.79 Å². The van der Waals surface area contributed by atoms with Crippen LogP contribution in [0, 0.1) is 10.8 Å². The Bertz CT molecular complexity index is 845. The molecular weight excluding hydrogens is 653 g/mol. The van der Waals surface area contributed by atoms with E-state index in [-0.39, 0.29) is 28.9 Å². The Morgan fingerprint density at radius 1 is 0.509 bits per heavy atom. The molecule has 314 valence electrons. The molecule has 2 unspecified atom stereocenters. The number of carbonyl (C=O) groups excluding carboxylic acids is 2. The van der Waals surface area contributed by atoms with Gasteiger partial charge in [-0.1, -0.05) is 227 Å². The highest BCUT2D eigenvalue weighted by atomic mass is 16.5. The van der Waals surface area contributed by atoms with Gasteiger partial charge in [0.15, 0.2) is 0 Å². The van der Waals surface area contributed by atoms with E-state index in [1.807, 2.05) is 0 Å². The maximum atomic E-state index is 13.0. The van der Waals surface area contributed by atoms with Gasteiger partial charge in [0.05, 0.1) is 6.61 Å². The Labute approximate surface area is 331 Å². The standard InChI is InChI=1S/C48H94N2O3/c1-6-8-10-12-14-16-18-20-22-24-26-28-30-32-34-36-38-49-45(51)42-48(5)41-44(40-47(3,4)43-48)50-46(52)53-39-37-35-33-31-29-27-25-23-21-19-17-15-13-11-9-7-2/h44H,6-43H2,1-5H3,(H,49,51)(H,50,52). The normalized spacial score (nSPS) is 18.2. The van der Waals surface area contributed by atoms with Gasteiger partial charge >= 0.3 is 6.09 Å². The van der Waals surface area contributed by atoms with Crippen molar-refractivity contribution in [3.05, 3.63) is 0 Å². The maximum absolute atomic E-state index is 13.0. The predicted octanol–water partition coefficient (Wildman–Crippen LogP) is 15.3. The Morgan fingerprint density at radius 2 is 0.868 bits per heavy atom. The minimum Gasteiger partial charge on any atom is -0.450 e. The van der Waals surface area contributed by atoms with E-state index in [2.05, 4.69) is 45.3 Å². The molecule has 0 spiro atoms. The summed E-state index contributed by atoms with van der Waals surface area (Å²) >= 11 is 0. The molecule has 1 aliphatic carbocycles. The van der Waals surface area contributed by atoms with Crippen LogP contribution in [-0.2, 0) is 9.53 Å². The number of alkyl carbamates (subject to hydrolysis) is 1. The zero-order valence-corrected chi connectivity index (χ0v) is 36.7. The largest absolute Gasteiger partial charge is 0.450 e. The third kappa shape index (κ3) is 31.6. The van der Waals surface area contributed by atoms with Gasteiger partial charge < -0.3 is 15.4 Å². The van der Waals surface area contributed by atoms with E-state index >= 15 is 0 Å². The predicted molar refractivity (Wildman–Crippen MR) is 231 cm³/mol. The number of rotatable bonds is 37. The van der Waals surface area contributed by atoms with E-state index in [1.54, 1.807) is 0 Å². The lowest BCUT2D eigenvalue weighted by Gasteiger charge is -2.46. The van der Waals surface area contributed by atoms with Crippen molar-refractivity contribution in [2.45, 2.75) is 272 Å². The third-order valence-corrected chi connectivity index (χ3v) is 11.9. The summed E-state index contributed by atoms with van der Waals surface area (Å²) in [5.74, 6) is 0.163. The van der Waals surface area contributed by atoms with Crippen LogP contribution in [0.1, 0.15) is 266 Å². The van der Waals surface area contributed by atoms with Gasteiger partial charge in [-0.05, 0) is 42.9 Å². The minimum atomic E-state index is -0.288. The van der Waals surface area contributed by atoms with Crippen LogP contribution in [0.25, 0.3) is 0 Å². The second-order valence-corrected chi connectivity index (χ2v) is 18.7. The summed E-state index contributed by atoms with van der Waals surface area (Å²) in [6.45, 7) is 12.6. The summed E-state index contributed by atoms with van der Waals surface area (Å²) in [5, 5.41) is 6.38. The summed E-state index contributed by atoms with van der Waals surface area (Å²) in [6, 6.07) is 0.0511. The molecule has 2 amide bonds. The lowest BCUT2D eigenvalue weighted by Crippen LogP contribution is -2.48. The van der Waals surface area contributed by atoms with E-state index in [0.717, 1.165) is 45.1 Å². The van der Waals surface area contributed by atoms with Crippen molar-refractivity contribution < 1.29 is 14.3 Å². The molecule has 0 saturated heterocycles. The Morgan fingerprint density at radius 3 is 1.26 bits per heavy atom. The zero-order valence-electron chi connectivity index (χ0n) is 36.7. The first-order valence-corrected chi connectivity index (χ1v) is 23.9. The molecule has 0 aliphatic heterocycles. The molecule has 0 aromatic rings. The minimum absolute atomic E-state index is 0.0511. The topological polar surface area (TPSA) is 67.4 Å². The van der Waals surface area contributed by atoms with E-state index in [4.69, 9.17) is 4.74 Å². The number of nitrogens with one attached hydrogen (secondary N) is 2. The van der Waals surface area contributed by atoms with Crippen molar-refractivity contribution in [2.75, 3.05) is 13.2 Å². The van der Waals surface area contributed by atoms with Crippen LogP contribution in [0.3, 0.4) is 0 Å². The molecule has 0 aromatic heterocycles. The molecule has 5 nitrogen and oxygen atoms in total. The maximum Gasteiger partial charge on any atom is 0.407 e. The van der Waals surface area contributed by atoms with Crippen molar-refractivity contribution in [3.8, 4) is 0 Å². The second-order valence-electron chi connectivity index (χ2n) is 18.7. The van der Waals surface area contributed by atoms with Crippen molar-refractivity contribution in [1.82, 2.24) is 10.6 Å². The molecule has 1 saturated carbocycles. The zero-order chi connectivity index (χ0) is 38.7. The summed E-state index contributed by atoms with van der Waals surface area (Å²) in [5.41, 5.74) is -0.0424. The van der Waals surface area contributed by atoms with Gasteiger partial charge in [-0.3, -0.25) is 4.79 Å². The first-order valence-electron chi connectivity index (χ1n) is 23.9. The van der Waals surface area contributed by atoms with Gasteiger partial charge in [0, 0.05) is 19.0 Å². The van der Waals surface area contributed by atoms with Crippen LogP contribution in [0.2, 0.25) is 0 Å². The van der Waals surface area contributed by atoms with E-state index in [9.17, 15) is 9.59 Å². The van der Waals surface area contributed by atoms with Gasteiger partial charge in [-0.15, -0.1) is 0 Å². The molecule has 1 fully saturated rings. The fourth-order valence-electron chi connectivity index (χ4n) is 9.24. The number of unbranched alkanes of at least 4 members (excludes halogenated alkanes) is 30. The third-order valence-electron chi connectivity index (χ3n) is 11.9.